The van der Waals surface area contributed by atoms with Gasteiger partial charge in [0.2, 0.25) is 0 Å². The second-order valence-electron chi connectivity index (χ2n) is 6.78. The van der Waals surface area contributed by atoms with Gasteiger partial charge in [0, 0.05) is 16.0 Å². The molecule has 7 nitrogen and oxygen atoms in total. The molecule has 3 rings (SSSR count). The largest absolute Gasteiger partial charge is 0.479 e. The first-order valence-corrected chi connectivity index (χ1v) is 9.82. The van der Waals surface area contributed by atoms with Gasteiger partial charge in [-0.05, 0) is 37.3 Å². The Balaban J connectivity index is 2.10. The number of halogens is 1. The molecule has 0 saturated carbocycles. The van der Waals surface area contributed by atoms with Crippen LogP contribution in [0.1, 0.15) is 38.1 Å². The SMILES string of the molecule is CC(C)c1nc2ccc(Br)cc2c(=O)n1N=Cc1ccccc1O[C@@H](C)C(=O)O. The second kappa shape index (κ2) is 8.57. The zero-order valence-corrected chi connectivity index (χ0v) is 17.8. The lowest BCUT2D eigenvalue weighted by molar-refractivity contribution is -0.144. The Hall–Kier alpha value is -3.00. The molecule has 1 heterocycles. The molecule has 0 bridgehead atoms. The Bertz CT molecular complexity index is 1150. The van der Waals surface area contributed by atoms with Crippen molar-refractivity contribution in [3.05, 3.63) is 68.7 Å². The molecule has 1 aromatic heterocycles. The molecule has 0 amide bonds. The Kier molecular flexibility index (Phi) is 6.12. The van der Waals surface area contributed by atoms with Crippen LogP contribution in [0.3, 0.4) is 0 Å². The van der Waals surface area contributed by atoms with Gasteiger partial charge in [-0.3, -0.25) is 4.79 Å². The van der Waals surface area contributed by atoms with Gasteiger partial charge in [0.1, 0.15) is 11.6 Å². The lowest BCUT2D eigenvalue weighted by Crippen LogP contribution is -2.24. The van der Waals surface area contributed by atoms with Crippen LogP contribution in [-0.2, 0) is 4.79 Å². The quantitative estimate of drug-likeness (QED) is 0.564. The summed E-state index contributed by atoms with van der Waals surface area (Å²) in [6, 6.07) is 12.2. The molecule has 29 heavy (non-hydrogen) atoms. The fraction of sp³-hybridized carbons (Fsp3) is 0.238. The van der Waals surface area contributed by atoms with Gasteiger partial charge in [0.15, 0.2) is 6.10 Å². The lowest BCUT2D eigenvalue weighted by Gasteiger charge is -2.13. The van der Waals surface area contributed by atoms with Gasteiger partial charge in [-0.25, -0.2) is 9.78 Å². The normalized spacial score (nSPS) is 12.6. The maximum atomic E-state index is 13.1. The molecule has 0 spiro atoms. The highest BCUT2D eigenvalue weighted by Gasteiger charge is 2.16. The van der Waals surface area contributed by atoms with Crippen LogP contribution in [0.2, 0.25) is 0 Å². The van der Waals surface area contributed by atoms with Crippen molar-refractivity contribution >= 4 is 39.0 Å². The monoisotopic (exact) mass is 457 g/mol. The number of aromatic nitrogens is 2. The molecule has 0 unspecified atom stereocenters. The standard InChI is InChI=1S/C21H20BrN3O4/c1-12(2)19-24-17-9-8-15(22)10-16(17)20(26)25(19)23-11-14-6-4-5-7-18(14)29-13(3)21(27)28/h4-13H,1-3H3,(H,27,28)/t13-/m0/s1. The molecule has 0 fully saturated rings. The van der Waals surface area contributed by atoms with Crippen LogP contribution in [-0.4, -0.2) is 33.1 Å². The van der Waals surface area contributed by atoms with Gasteiger partial charge >= 0.3 is 5.97 Å². The van der Waals surface area contributed by atoms with E-state index in [4.69, 9.17) is 9.84 Å². The van der Waals surface area contributed by atoms with E-state index in [1.54, 1.807) is 36.4 Å². The zero-order valence-electron chi connectivity index (χ0n) is 16.2. The molecule has 0 radical (unpaired) electrons. The molecule has 150 valence electrons. The minimum Gasteiger partial charge on any atom is -0.479 e. The zero-order chi connectivity index (χ0) is 21.1. The Labute approximate surface area is 175 Å². The van der Waals surface area contributed by atoms with E-state index in [2.05, 4.69) is 26.0 Å². The lowest BCUT2D eigenvalue weighted by atomic mass is 10.2. The van der Waals surface area contributed by atoms with E-state index in [1.165, 1.54) is 17.8 Å². The van der Waals surface area contributed by atoms with Gasteiger partial charge in [-0.1, -0.05) is 41.9 Å². The molecular weight excluding hydrogens is 438 g/mol. The molecule has 2 aromatic carbocycles. The number of fused-ring (bicyclic) bond motifs is 1. The summed E-state index contributed by atoms with van der Waals surface area (Å²) < 4.78 is 7.54. The van der Waals surface area contributed by atoms with Crippen molar-refractivity contribution in [2.24, 2.45) is 5.10 Å². The summed E-state index contributed by atoms with van der Waals surface area (Å²) in [6.07, 6.45) is 0.459. The Morgan fingerprint density at radius 3 is 2.66 bits per heavy atom. The summed E-state index contributed by atoms with van der Waals surface area (Å²) >= 11 is 3.38. The van der Waals surface area contributed by atoms with Gasteiger partial charge < -0.3 is 9.84 Å². The molecule has 1 N–H and O–H groups in total. The number of carboxylic acid groups (broad SMARTS) is 1. The van der Waals surface area contributed by atoms with Gasteiger partial charge in [-0.15, -0.1) is 0 Å². The third-order valence-corrected chi connectivity index (χ3v) is 4.73. The first kappa shape index (κ1) is 20.7. The van der Waals surface area contributed by atoms with Gasteiger partial charge in [0.05, 0.1) is 17.1 Å². The summed E-state index contributed by atoms with van der Waals surface area (Å²) in [5.74, 6) is -0.217. The van der Waals surface area contributed by atoms with E-state index in [1.807, 2.05) is 19.9 Å². The Morgan fingerprint density at radius 1 is 1.24 bits per heavy atom. The predicted molar refractivity (Wildman–Crippen MR) is 115 cm³/mol. The fourth-order valence-electron chi connectivity index (χ4n) is 2.71. The summed E-state index contributed by atoms with van der Waals surface area (Å²) in [4.78, 5) is 28.8. The predicted octanol–water partition coefficient (Wildman–Crippen LogP) is 4.02. The van der Waals surface area contributed by atoms with E-state index in [0.717, 1.165) is 4.47 Å². The number of para-hydroxylation sites is 1. The number of nitrogens with zero attached hydrogens (tertiary/aromatic N) is 3. The van der Waals surface area contributed by atoms with E-state index >= 15 is 0 Å². The number of carboxylic acids is 1. The fourth-order valence-corrected chi connectivity index (χ4v) is 3.07. The van der Waals surface area contributed by atoms with Crippen molar-refractivity contribution in [2.75, 3.05) is 0 Å². The number of hydrogen-bond acceptors (Lipinski definition) is 5. The van der Waals surface area contributed by atoms with E-state index < -0.39 is 12.1 Å². The highest BCUT2D eigenvalue weighted by Crippen LogP contribution is 2.20. The van der Waals surface area contributed by atoms with Crippen LogP contribution in [0.4, 0.5) is 0 Å². The minimum absolute atomic E-state index is 0.0357. The van der Waals surface area contributed by atoms with E-state index in [0.29, 0.717) is 28.0 Å². The van der Waals surface area contributed by atoms with E-state index in [-0.39, 0.29) is 11.5 Å². The molecule has 0 aliphatic heterocycles. The molecule has 0 saturated heterocycles. The van der Waals surface area contributed by atoms with Crippen LogP contribution < -0.4 is 10.3 Å². The molecule has 8 heteroatoms. The Morgan fingerprint density at radius 2 is 1.97 bits per heavy atom. The summed E-state index contributed by atoms with van der Waals surface area (Å²) in [5, 5.41) is 13.9. The highest BCUT2D eigenvalue weighted by atomic mass is 79.9. The number of benzene rings is 2. The molecule has 0 aliphatic rings. The van der Waals surface area contributed by atoms with Crippen molar-refractivity contribution < 1.29 is 14.6 Å². The maximum Gasteiger partial charge on any atom is 0.344 e. The third kappa shape index (κ3) is 4.54. The number of aliphatic carboxylic acids is 1. The van der Waals surface area contributed by atoms with Crippen molar-refractivity contribution in [2.45, 2.75) is 32.8 Å². The second-order valence-corrected chi connectivity index (χ2v) is 7.70. The molecular formula is C21H20BrN3O4. The average Bonchev–Trinajstić information content (AvgIpc) is 2.68. The number of ether oxygens (including phenoxy) is 1. The minimum atomic E-state index is -1.07. The van der Waals surface area contributed by atoms with Crippen LogP contribution in [0.15, 0.2) is 56.8 Å². The van der Waals surface area contributed by atoms with Crippen LogP contribution >= 0.6 is 15.9 Å². The van der Waals surface area contributed by atoms with Crippen molar-refractivity contribution in [3.8, 4) is 5.75 Å². The molecule has 1 atom stereocenters. The summed E-state index contributed by atoms with van der Waals surface area (Å²) in [6.45, 7) is 5.32. The summed E-state index contributed by atoms with van der Waals surface area (Å²) in [5.41, 5.74) is 0.873. The van der Waals surface area contributed by atoms with Crippen molar-refractivity contribution in [1.29, 1.82) is 0 Å². The van der Waals surface area contributed by atoms with Crippen LogP contribution in [0.5, 0.6) is 5.75 Å². The van der Waals surface area contributed by atoms with Crippen molar-refractivity contribution in [3.63, 3.8) is 0 Å². The first-order chi connectivity index (χ1) is 13.8. The van der Waals surface area contributed by atoms with Gasteiger partial charge in [0.25, 0.3) is 5.56 Å². The average molecular weight is 458 g/mol. The topological polar surface area (TPSA) is 93.8 Å². The smallest absolute Gasteiger partial charge is 0.344 e. The maximum absolute atomic E-state index is 13.1. The van der Waals surface area contributed by atoms with Crippen LogP contribution in [0, 0.1) is 0 Å². The number of rotatable bonds is 6. The first-order valence-electron chi connectivity index (χ1n) is 9.03. The molecule has 0 aliphatic carbocycles. The highest BCUT2D eigenvalue weighted by molar-refractivity contribution is 9.10. The number of hydrogen-bond donors (Lipinski definition) is 1. The van der Waals surface area contributed by atoms with Gasteiger partial charge in [-0.2, -0.15) is 9.78 Å². The molecule has 3 aromatic rings. The summed E-state index contributed by atoms with van der Waals surface area (Å²) in [7, 11) is 0. The van der Waals surface area contributed by atoms with Crippen LogP contribution in [0.25, 0.3) is 10.9 Å². The third-order valence-electron chi connectivity index (χ3n) is 4.23. The van der Waals surface area contributed by atoms with Crippen molar-refractivity contribution in [1.82, 2.24) is 9.66 Å². The number of carbonyl (C=O) groups is 1. The van der Waals surface area contributed by atoms with E-state index in [9.17, 15) is 9.59 Å².